The van der Waals surface area contributed by atoms with Crippen molar-refractivity contribution in [1.82, 2.24) is 0 Å². The van der Waals surface area contributed by atoms with Crippen LogP contribution in [-0.4, -0.2) is 50.2 Å². The summed E-state index contributed by atoms with van der Waals surface area (Å²) in [6.07, 6.45) is -14.9. The molecule has 0 amide bonds. The van der Waals surface area contributed by atoms with E-state index >= 15 is 0 Å². The molecule has 0 aromatic carbocycles. The molecule has 0 heterocycles. The number of ether oxygens (including phenoxy) is 1. The van der Waals surface area contributed by atoms with Crippen molar-refractivity contribution in [2.45, 2.75) is 42.2 Å². The fraction of sp³-hybridized carbons (Fsp3) is 0.900. The Bertz CT molecular complexity index is 480. The molecule has 0 radical (unpaired) electrons. The minimum atomic E-state index is -5.16. The molecule has 12 heteroatoms. The molecule has 0 spiro atoms. The minimum absolute atomic E-state index is 0.637. The summed E-state index contributed by atoms with van der Waals surface area (Å²) in [5, 5.41) is 0. The Morgan fingerprint density at radius 3 is 2.05 bits per heavy atom. The first kappa shape index (κ1) is 21.3. The lowest BCUT2D eigenvalue weighted by atomic mass is 10.1. The molecule has 0 aliphatic rings. The second-order valence-corrected chi connectivity index (χ2v) is 7.36. The van der Waals surface area contributed by atoms with Gasteiger partial charge in [0.05, 0.1) is 19.3 Å². The van der Waals surface area contributed by atoms with E-state index in [1.54, 1.807) is 0 Å². The number of esters is 1. The number of carbonyl (C=O) groups excluding carboxylic acids is 1. The first-order chi connectivity index (χ1) is 9.78. The number of rotatable bonds is 8. The lowest BCUT2D eigenvalue weighted by Crippen LogP contribution is -2.51. The van der Waals surface area contributed by atoms with Gasteiger partial charge < -0.3 is 4.74 Å². The van der Waals surface area contributed by atoms with Gasteiger partial charge in [-0.15, -0.1) is 0 Å². The predicted molar refractivity (Wildman–Crippen MR) is 65.2 cm³/mol. The van der Waals surface area contributed by atoms with Crippen LogP contribution in [0.2, 0.25) is 0 Å². The van der Waals surface area contributed by atoms with Gasteiger partial charge in [0.2, 0.25) is 6.43 Å². The van der Waals surface area contributed by atoms with Crippen LogP contribution in [0.1, 0.15) is 19.3 Å². The molecule has 0 saturated heterocycles. The van der Waals surface area contributed by atoms with E-state index in [1.165, 1.54) is 0 Å². The van der Waals surface area contributed by atoms with Gasteiger partial charge in [-0.05, 0) is 6.42 Å². The van der Waals surface area contributed by atoms with Gasteiger partial charge in [0.15, 0.2) is 9.84 Å². The molecule has 0 saturated carbocycles. The van der Waals surface area contributed by atoms with Crippen LogP contribution in [0, 0.1) is 0 Å². The lowest BCUT2D eigenvalue weighted by molar-refractivity contribution is -0.143. The Morgan fingerprint density at radius 2 is 1.68 bits per heavy atom. The van der Waals surface area contributed by atoms with E-state index < -0.39 is 63.8 Å². The standard InChI is InChI=1S/C10H13ClF6O4S/c1-21-8(18)10(11,6(12)2-3-7(13)14)22(19,20)5-4-9(15,16)17/h6-7H,2-5H2,1H3. The predicted octanol–water partition coefficient (Wildman–Crippen LogP) is 2.85. The van der Waals surface area contributed by atoms with Gasteiger partial charge >= 0.3 is 12.1 Å². The van der Waals surface area contributed by atoms with Crippen molar-refractivity contribution in [3.63, 3.8) is 0 Å². The highest BCUT2D eigenvalue weighted by Crippen LogP contribution is 2.36. The minimum Gasteiger partial charge on any atom is -0.467 e. The summed E-state index contributed by atoms with van der Waals surface area (Å²) in [5.41, 5.74) is 0. The second-order valence-electron chi connectivity index (χ2n) is 4.26. The van der Waals surface area contributed by atoms with E-state index in [0.29, 0.717) is 7.11 Å². The third-order valence-electron chi connectivity index (χ3n) is 2.61. The number of halogens is 7. The van der Waals surface area contributed by atoms with E-state index in [4.69, 9.17) is 11.6 Å². The van der Waals surface area contributed by atoms with Crippen LogP contribution in [0.25, 0.3) is 0 Å². The van der Waals surface area contributed by atoms with Crippen LogP contribution in [0.4, 0.5) is 26.3 Å². The Morgan fingerprint density at radius 1 is 1.18 bits per heavy atom. The fourth-order valence-corrected chi connectivity index (χ4v) is 3.51. The zero-order chi connectivity index (χ0) is 17.8. The highest BCUT2D eigenvalue weighted by molar-refractivity contribution is 7.95. The first-order valence-electron chi connectivity index (χ1n) is 5.76. The van der Waals surface area contributed by atoms with Crippen LogP contribution in [-0.2, 0) is 19.4 Å². The summed E-state index contributed by atoms with van der Waals surface area (Å²) in [6.45, 7) is 0. The molecule has 0 aliphatic heterocycles. The summed E-state index contributed by atoms with van der Waals surface area (Å²) in [7, 11) is -4.53. The molecule has 0 aromatic rings. The molecule has 22 heavy (non-hydrogen) atoms. The average Bonchev–Trinajstić information content (AvgIpc) is 2.39. The van der Waals surface area contributed by atoms with Crippen LogP contribution in [0.15, 0.2) is 0 Å². The van der Waals surface area contributed by atoms with Gasteiger partial charge in [0.25, 0.3) is 4.21 Å². The monoisotopic (exact) mass is 378 g/mol. The normalized spacial score (nSPS) is 17.1. The molecule has 0 bridgehead atoms. The lowest BCUT2D eigenvalue weighted by Gasteiger charge is -2.27. The Balaban J connectivity index is 5.45. The van der Waals surface area contributed by atoms with Gasteiger partial charge in [-0.25, -0.2) is 26.4 Å². The van der Waals surface area contributed by atoms with E-state index in [-0.39, 0.29) is 0 Å². The summed E-state index contributed by atoms with van der Waals surface area (Å²) in [6, 6.07) is 0. The molecule has 0 aliphatic carbocycles. The smallest absolute Gasteiger partial charge is 0.390 e. The number of hydrogen-bond donors (Lipinski definition) is 0. The first-order valence-corrected chi connectivity index (χ1v) is 7.79. The maximum absolute atomic E-state index is 13.9. The molecule has 2 unspecified atom stereocenters. The van der Waals surface area contributed by atoms with Crippen LogP contribution in [0.3, 0.4) is 0 Å². The molecule has 0 fully saturated rings. The third kappa shape index (κ3) is 5.49. The van der Waals surface area contributed by atoms with Crippen LogP contribution < -0.4 is 0 Å². The Kier molecular flexibility index (Phi) is 7.46. The van der Waals surface area contributed by atoms with Crippen molar-refractivity contribution >= 4 is 27.4 Å². The molecule has 132 valence electrons. The number of methoxy groups -OCH3 is 1. The van der Waals surface area contributed by atoms with Crippen molar-refractivity contribution < 1.29 is 44.3 Å². The molecule has 4 nitrogen and oxygen atoms in total. The van der Waals surface area contributed by atoms with Gasteiger partial charge in [0.1, 0.15) is 6.17 Å². The highest BCUT2D eigenvalue weighted by Gasteiger charge is 2.57. The quantitative estimate of drug-likeness (QED) is 0.370. The van der Waals surface area contributed by atoms with Gasteiger partial charge in [0, 0.05) is 6.42 Å². The number of sulfone groups is 1. The zero-order valence-corrected chi connectivity index (χ0v) is 12.7. The van der Waals surface area contributed by atoms with Gasteiger partial charge in [-0.1, -0.05) is 11.6 Å². The SMILES string of the molecule is COC(=O)C(Cl)(C(F)CCC(F)F)S(=O)(=O)CCC(F)(F)F. The topological polar surface area (TPSA) is 60.4 Å². The van der Waals surface area contributed by atoms with Crippen molar-refractivity contribution in [3.05, 3.63) is 0 Å². The zero-order valence-electron chi connectivity index (χ0n) is 11.2. The van der Waals surface area contributed by atoms with E-state index in [9.17, 15) is 39.6 Å². The van der Waals surface area contributed by atoms with E-state index in [1.807, 2.05) is 0 Å². The average molecular weight is 379 g/mol. The van der Waals surface area contributed by atoms with Crippen molar-refractivity contribution in [2.75, 3.05) is 12.9 Å². The summed E-state index contributed by atoms with van der Waals surface area (Å²) < 4.78 is 98.5. The molecule has 0 N–H and O–H groups in total. The summed E-state index contributed by atoms with van der Waals surface area (Å²) >= 11 is 5.39. The Labute approximate surface area is 127 Å². The number of hydrogen-bond acceptors (Lipinski definition) is 4. The maximum atomic E-state index is 13.9. The molecule has 2 atom stereocenters. The van der Waals surface area contributed by atoms with Crippen LogP contribution >= 0.6 is 11.6 Å². The largest absolute Gasteiger partial charge is 0.467 e. The summed E-state index contributed by atoms with van der Waals surface area (Å²) in [4.78, 5) is 11.4. The second kappa shape index (κ2) is 7.71. The molecule has 0 aromatic heterocycles. The van der Waals surface area contributed by atoms with Crippen molar-refractivity contribution in [3.8, 4) is 0 Å². The fourth-order valence-electron chi connectivity index (χ4n) is 1.45. The van der Waals surface area contributed by atoms with E-state index in [0.717, 1.165) is 0 Å². The van der Waals surface area contributed by atoms with Gasteiger partial charge in [-0.3, -0.25) is 0 Å². The van der Waals surface area contributed by atoms with Gasteiger partial charge in [-0.2, -0.15) is 13.2 Å². The number of carbonyl (C=O) groups is 1. The molecular formula is C10H13ClF6O4S. The summed E-state index contributed by atoms with van der Waals surface area (Å²) in [5.74, 6) is -3.54. The van der Waals surface area contributed by atoms with Crippen molar-refractivity contribution in [1.29, 1.82) is 0 Å². The molecule has 0 rings (SSSR count). The van der Waals surface area contributed by atoms with E-state index in [2.05, 4.69) is 4.74 Å². The van der Waals surface area contributed by atoms with Crippen molar-refractivity contribution in [2.24, 2.45) is 0 Å². The molecular weight excluding hydrogens is 366 g/mol. The number of alkyl halides is 7. The van der Waals surface area contributed by atoms with Crippen LogP contribution in [0.5, 0.6) is 0 Å². The Hall–Kier alpha value is -0.710. The third-order valence-corrected chi connectivity index (χ3v) is 5.78. The maximum Gasteiger partial charge on any atom is 0.390 e. The highest BCUT2D eigenvalue weighted by atomic mass is 35.5.